The van der Waals surface area contributed by atoms with Gasteiger partial charge in [-0.25, -0.2) is 0 Å². The van der Waals surface area contributed by atoms with Crippen molar-refractivity contribution in [3.05, 3.63) is 59.2 Å². The highest BCUT2D eigenvalue weighted by molar-refractivity contribution is 7.99. The number of methoxy groups -OCH3 is 1. The molecule has 0 fully saturated rings. The number of aryl methyl sites for hydroxylation is 2. The predicted molar refractivity (Wildman–Crippen MR) is 86.6 cm³/mol. The summed E-state index contributed by atoms with van der Waals surface area (Å²) in [7, 11) is 1.68. The summed E-state index contributed by atoms with van der Waals surface area (Å²) in [4.78, 5) is 1.27. The summed E-state index contributed by atoms with van der Waals surface area (Å²) in [5.41, 5.74) is 9.96. The van der Waals surface area contributed by atoms with Crippen LogP contribution < -0.4 is 10.5 Å². The molecule has 1 atom stereocenters. The quantitative estimate of drug-likeness (QED) is 0.841. The lowest BCUT2D eigenvalue weighted by Gasteiger charge is -2.15. The van der Waals surface area contributed by atoms with E-state index in [2.05, 4.69) is 44.2 Å². The Morgan fingerprint density at radius 1 is 1.15 bits per heavy atom. The fourth-order valence-electron chi connectivity index (χ4n) is 2.17. The Hall–Kier alpha value is -1.45. The molecule has 0 bridgehead atoms. The minimum absolute atomic E-state index is 0.0337. The Balaban J connectivity index is 2.03. The molecule has 0 aliphatic heterocycles. The molecular weight excluding hydrogens is 266 g/mol. The highest BCUT2D eigenvalue weighted by atomic mass is 32.2. The highest BCUT2D eigenvalue weighted by Gasteiger charge is 2.10. The Morgan fingerprint density at radius 2 is 1.95 bits per heavy atom. The average molecular weight is 287 g/mol. The van der Waals surface area contributed by atoms with Crippen molar-refractivity contribution < 1.29 is 4.74 Å². The second-order valence-electron chi connectivity index (χ2n) is 4.96. The number of nitrogens with two attached hydrogens (primary N) is 1. The van der Waals surface area contributed by atoms with Crippen LogP contribution >= 0.6 is 11.8 Å². The van der Waals surface area contributed by atoms with Crippen LogP contribution in [0, 0.1) is 13.8 Å². The fraction of sp³-hybridized carbons (Fsp3) is 0.294. The summed E-state index contributed by atoms with van der Waals surface area (Å²) >= 11 is 1.80. The molecule has 2 aromatic rings. The first kappa shape index (κ1) is 14.9. The first-order valence-electron chi connectivity index (χ1n) is 6.69. The third-order valence-corrected chi connectivity index (χ3v) is 4.41. The largest absolute Gasteiger partial charge is 0.497 e. The molecule has 0 aliphatic rings. The van der Waals surface area contributed by atoms with Gasteiger partial charge >= 0.3 is 0 Å². The van der Waals surface area contributed by atoms with Crippen LogP contribution in [0.1, 0.15) is 22.7 Å². The second kappa shape index (κ2) is 6.82. The third-order valence-electron chi connectivity index (χ3n) is 3.30. The van der Waals surface area contributed by atoms with Crippen LogP contribution in [0.25, 0.3) is 0 Å². The molecule has 0 saturated carbocycles. The van der Waals surface area contributed by atoms with Crippen molar-refractivity contribution in [1.29, 1.82) is 0 Å². The topological polar surface area (TPSA) is 35.2 Å². The number of thioether (sulfide) groups is 1. The van der Waals surface area contributed by atoms with Gasteiger partial charge in [0, 0.05) is 16.7 Å². The molecule has 0 amide bonds. The van der Waals surface area contributed by atoms with E-state index in [1.54, 1.807) is 18.9 Å². The van der Waals surface area contributed by atoms with Gasteiger partial charge in [0.2, 0.25) is 0 Å². The maximum Gasteiger partial charge on any atom is 0.119 e. The fourth-order valence-corrected chi connectivity index (χ4v) is 3.17. The minimum atomic E-state index is 0.0337. The van der Waals surface area contributed by atoms with Crippen molar-refractivity contribution in [2.75, 3.05) is 12.9 Å². The van der Waals surface area contributed by atoms with Crippen LogP contribution in [-0.4, -0.2) is 12.9 Å². The molecule has 106 valence electrons. The summed E-state index contributed by atoms with van der Waals surface area (Å²) in [6, 6.07) is 14.6. The van der Waals surface area contributed by atoms with E-state index in [9.17, 15) is 0 Å². The summed E-state index contributed by atoms with van der Waals surface area (Å²) in [6.45, 7) is 4.19. The third kappa shape index (κ3) is 3.78. The van der Waals surface area contributed by atoms with Crippen molar-refractivity contribution >= 4 is 11.8 Å². The van der Waals surface area contributed by atoms with Crippen LogP contribution in [-0.2, 0) is 0 Å². The molecule has 0 aromatic heterocycles. The summed E-state index contributed by atoms with van der Waals surface area (Å²) in [6.07, 6.45) is 0. The Kier molecular flexibility index (Phi) is 5.10. The Morgan fingerprint density at radius 3 is 2.60 bits per heavy atom. The van der Waals surface area contributed by atoms with Crippen molar-refractivity contribution in [2.24, 2.45) is 5.73 Å². The monoisotopic (exact) mass is 287 g/mol. The van der Waals surface area contributed by atoms with Crippen molar-refractivity contribution in [3.63, 3.8) is 0 Å². The number of hydrogen-bond donors (Lipinski definition) is 1. The molecule has 20 heavy (non-hydrogen) atoms. The molecule has 0 aliphatic carbocycles. The van der Waals surface area contributed by atoms with Gasteiger partial charge < -0.3 is 10.5 Å². The zero-order valence-electron chi connectivity index (χ0n) is 12.2. The summed E-state index contributed by atoms with van der Waals surface area (Å²) in [5.74, 6) is 1.75. The maximum absolute atomic E-state index is 6.31. The zero-order valence-corrected chi connectivity index (χ0v) is 13.0. The number of benzene rings is 2. The highest BCUT2D eigenvalue weighted by Crippen LogP contribution is 2.27. The molecule has 0 spiro atoms. The predicted octanol–water partition coefficient (Wildman–Crippen LogP) is 4.10. The first-order valence-corrected chi connectivity index (χ1v) is 7.68. The van der Waals surface area contributed by atoms with E-state index < -0.39 is 0 Å². The Bertz CT molecular complexity index is 583. The van der Waals surface area contributed by atoms with Gasteiger partial charge in [-0.1, -0.05) is 23.8 Å². The van der Waals surface area contributed by atoms with Gasteiger partial charge in [0.15, 0.2) is 0 Å². The van der Waals surface area contributed by atoms with Crippen molar-refractivity contribution in [3.8, 4) is 5.75 Å². The second-order valence-corrected chi connectivity index (χ2v) is 6.05. The van der Waals surface area contributed by atoms with E-state index in [1.165, 1.54) is 21.6 Å². The van der Waals surface area contributed by atoms with Gasteiger partial charge in [-0.3, -0.25) is 0 Å². The van der Waals surface area contributed by atoms with E-state index in [4.69, 9.17) is 10.5 Å². The van der Waals surface area contributed by atoms with Gasteiger partial charge in [-0.15, -0.1) is 11.8 Å². The van der Waals surface area contributed by atoms with Gasteiger partial charge in [0.1, 0.15) is 5.75 Å². The lowest BCUT2D eigenvalue weighted by Crippen LogP contribution is -2.14. The molecule has 2 nitrogen and oxygen atoms in total. The number of rotatable bonds is 5. The van der Waals surface area contributed by atoms with Crippen molar-refractivity contribution in [1.82, 2.24) is 0 Å². The molecule has 1 unspecified atom stereocenters. The van der Waals surface area contributed by atoms with E-state index in [1.807, 2.05) is 12.1 Å². The normalized spacial score (nSPS) is 12.2. The molecule has 0 saturated heterocycles. The van der Waals surface area contributed by atoms with E-state index in [0.717, 1.165) is 11.5 Å². The van der Waals surface area contributed by atoms with Crippen LogP contribution in [0.2, 0.25) is 0 Å². The van der Waals surface area contributed by atoms with E-state index in [-0.39, 0.29) is 6.04 Å². The molecule has 0 radical (unpaired) electrons. The molecule has 3 heteroatoms. The molecule has 2 aromatic carbocycles. The SMILES string of the molecule is COc1ccc(C(N)CSc2cccc(C)c2)c(C)c1. The molecule has 0 heterocycles. The van der Waals surface area contributed by atoms with Crippen molar-refractivity contribution in [2.45, 2.75) is 24.8 Å². The first-order chi connectivity index (χ1) is 9.60. The summed E-state index contributed by atoms with van der Waals surface area (Å²) < 4.78 is 5.23. The molecular formula is C17H21NOS. The lowest BCUT2D eigenvalue weighted by atomic mass is 10.0. The average Bonchev–Trinajstić information content (AvgIpc) is 2.44. The van der Waals surface area contributed by atoms with E-state index in [0.29, 0.717) is 0 Å². The summed E-state index contributed by atoms with van der Waals surface area (Å²) in [5, 5.41) is 0. The molecule has 2 rings (SSSR count). The van der Waals surface area contributed by atoms with Gasteiger partial charge in [-0.05, 0) is 49.2 Å². The van der Waals surface area contributed by atoms with Gasteiger partial charge in [0.05, 0.1) is 7.11 Å². The number of hydrogen-bond acceptors (Lipinski definition) is 3. The van der Waals surface area contributed by atoms with Gasteiger partial charge in [0.25, 0.3) is 0 Å². The van der Waals surface area contributed by atoms with E-state index >= 15 is 0 Å². The lowest BCUT2D eigenvalue weighted by molar-refractivity contribution is 0.414. The molecule has 2 N–H and O–H groups in total. The van der Waals surface area contributed by atoms with Crippen LogP contribution in [0.5, 0.6) is 5.75 Å². The Labute approximate surface area is 125 Å². The smallest absolute Gasteiger partial charge is 0.119 e. The minimum Gasteiger partial charge on any atom is -0.497 e. The zero-order chi connectivity index (χ0) is 14.5. The number of ether oxygens (including phenoxy) is 1. The maximum atomic E-state index is 6.31. The standard InChI is InChI=1S/C17H21NOS/c1-12-5-4-6-15(9-12)20-11-17(18)16-8-7-14(19-3)10-13(16)2/h4-10,17H,11,18H2,1-3H3. The van der Waals surface area contributed by atoms with Crippen LogP contribution in [0.15, 0.2) is 47.4 Å². The van der Waals surface area contributed by atoms with Crippen LogP contribution in [0.4, 0.5) is 0 Å². The van der Waals surface area contributed by atoms with Crippen LogP contribution in [0.3, 0.4) is 0 Å². The van der Waals surface area contributed by atoms with Gasteiger partial charge in [-0.2, -0.15) is 0 Å².